The van der Waals surface area contributed by atoms with E-state index in [9.17, 15) is 8.78 Å². The van der Waals surface area contributed by atoms with Crippen LogP contribution in [0.15, 0.2) is 48.5 Å². The quantitative estimate of drug-likeness (QED) is 0.804. The molecule has 2 unspecified atom stereocenters. The molecule has 0 aromatic heterocycles. The Morgan fingerprint density at radius 3 is 2.38 bits per heavy atom. The number of benzene rings is 2. The maximum Gasteiger partial charge on any atom is 0.163 e. The molecule has 1 N–H and O–H groups in total. The van der Waals surface area contributed by atoms with Crippen molar-refractivity contribution in [2.24, 2.45) is 0 Å². The van der Waals surface area contributed by atoms with Crippen LogP contribution in [0.25, 0.3) is 0 Å². The van der Waals surface area contributed by atoms with Gasteiger partial charge in [0, 0.05) is 11.6 Å². The summed E-state index contributed by atoms with van der Waals surface area (Å²) in [4.78, 5) is 0. The standard InChI is InChI=1S/C18H21F2N/c1-13(15-7-4-3-5-8-15)11-12-21-14(2)16-9-6-10-17(19)18(16)20/h3-10,13-14,21H,11-12H2,1-2H3. The molecule has 2 aromatic rings. The van der Waals surface area contributed by atoms with Gasteiger partial charge in [0.15, 0.2) is 11.6 Å². The van der Waals surface area contributed by atoms with Gasteiger partial charge in [0.2, 0.25) is 0 Å². The van der Waals surface area contributed by atoms with Gasteiger partial charge in [0.05, 0.1) is 0 Å². The molecule has 0 spiro atoms. The third kappa shape index (κ3) is 4.11. The van der Waals surface area contributed by atoms with Crippen LogP contribution in [0, 0.1) is 11.6 Å². The van der Waals surface area contributed by atoms with Crippen LogP contribution in [0.4, 0.5) is 8.78 Å². The molecule has 21 heavy (non-hydrogen) atoms. The topological polar surface area (TPSA) is 12.0 Å². The highest BCUT2D eigenvalue weighted by molar-refractivity contribution is 5.22. The van der Waals surface area contributed by atoms with Crippen molar-refractivity contribution in [3.05, 3.63) is 71.3 Å². The van der Waals surface area contributed by atoms with E-state index in [1.54, 1.807) is 12.1 Å². The molecule has 3 heteroatoms. The molecular weight excluding hydrogens is 268 g/mol. The average molecular weight is 289 g/mol. The molecule has 0 heterocycles. The van der Waals surface area contributed by atoms with Gasteiger partial charge in [-0.2, -0.15) is 0 Å². The molecule has 0 fully saturated rings. The van der Waals surface area contributed by atoms with E-state index in [0.29, 0.717) is 11.5 Å². The first-order valence-electron chi connectivity index (χ1n) is 7.32. The monoisotopic (exact) mass is 289 g/mol. The van der Waals surface area contributed by atoms with Crippen LogP contribution in [0.2, 0.25) is 0 Å². The van der Waals surface area contributed by atoms with Gasteiger partial charge >= 0.3 is 0 Å². The summed E-state index contributed by atoms with van der Waals surface area (Å²) in [5.41, 5.74) is 1.67. The van der Waals surface area contributed by atoms with Crippen LogP contribution >= 0.6 is 0 Å². The summed E-state index contributed by atoms with van der Waals surface area (Å²) < 4.78 is 26.9. The van der Waals surface area contributed by atoms with Crippen molar-refractivity contribution in [3.63, 3.8) is 0 Å². The molecule has 2 rings (SSSR count). The van der Waals surface area contributed by atoms with Gasteiger partial charge in [0.1, 0.15) is 0 Å². The lowest BCUT2D eigenvalue weighted by Gasteiger charge is -2.17. The Morgan fingerprint density at radius 2 is 1.67 bits per heavy atom. The zero-order valence-corrected chi connectivity index (χ0v) is 12.4. The van der Waals surface area contributed by atoms with E-state index in [1.165, 1.54) is 5.56 Å². The van der Waals surface area contributed by atoms with Crippen LogP contribution in [0.1, 0.15) is 43.4 Å². The van der Waals surface area contributed by atoms with E-state index >= 15 is 0 Å². The van der Waals surface area contributed by atoms with Gasteiger partial charge in [-0.1, -0.05) is 49.4 Å². The molecule has 0 aliphatic carbocycles. The molecular formula is C18H21F2N. The molecule has 0 radical (unpaired) electrons. The smallest absolute Gasteiger partial charge is 0.163 e. The lowest BCUT2D eigenvalue weighted by Crippen LogP contribution is -2.22. The predicted molar refractivity (Wildman–Crippen MR) is 82.2 cm³/mol. The number of hydrogen-bond acceptors (Lipinski definition) is 1. The van der Waals surface area contributed by atoms with Crippen LogP contribution in [-0.2, 0) is 0 Å². The SMILES string of the molecule is CC(CCNC(C)c1cccc(F)c1F)c1ccccc1. The highest BCUT2D eigenvalue weighted by atomic mass is 19.2. The summed E-state index contributed by atoms with van der Waals surface area (Å²) in [5, 5.41) is 3.26. The van der Waals surface area contributed by atoms with Crippen molar-refractivity contribution in [3.8, 4) is 0 Å². The number of nitrogens with one attached hydrogen (secondary N) is 1. The summed E-state index contributed by atoms with van der Waals surface area (Å²) in [6.07, 6.45) is 0.950. The number of hydrogen-bond donors (Lipinski definition) is 1. The fourth-order valence-electron chi connectivity index (χ4n) is 2.43. The second-order valence-electron chi connectivity index (χ2n) is 5.42. The van der Waals surface area contributed by atoms with Crippen molar-refractivity contribution in [1.82, 2.24) is 5.32 Å². The van der Waals surface area contributed by atoms with E-state index in [-0.39, 0.29) is 6.04 Å². The van der Waals surface area contributed by atoms with Crippen molar-refractivity contribution < 1.29 is 8.78 Å². The Balaban J connectivity index is 1.87. The Morgan fingerprint density at radius 1 is 0.952 bits per heavy atom. The van der Waals surface area contributed by atoms with Crippen molar-refractivity contribution in [2.75, 3.05) is 6.54 Å². The number of halogens is 2. The van der Waals surface area contributed by atoms with Crippen LogP contribution in [-0.4, -0.2) is 6.54 Å². The summed E-state index contributed by atoms with van der Waals surface area (Å²) in [6.45, 7) is 4.78. The molecule has 0 aliphatic heterocycles. The minimum Gasteiger partial charge on any atom is -0.310 e. The first kappa shape index (κ1) is 15.6. The summed E-state index contributed by atoms with van der Waals surface area (Å²) >= 11 is 0. The second kappa shape index (κ2) is 7.32. The van der Waals surface area contributed by atoms with Gasteiger partial charge in [0.25, 0.3) is 0 Å². The fourth-order valence-corrected chi connectivity index (χ4v) is 2.43. The third-order valence-electron chi connectivity index (χ3n) is 3.84. The number of rotatable bonds is 6. The molecule has 0 saturated carbocycles. The van der Waals surface area contributed by atoms with E-state index in [0.717, 1.165) is 19.0 Å². The summed E-state index contributed by atoms with van der Waals surface area (Å²) in [7, 11) is 0. The molecule has 0 bridgehead atoms. The van der Waals surface area contributed by atoms with Gasteiger partial charge in [-0.15, -0.1) is 0 Å². The molecule has 0 aliphatic rings. The van der Waals surface area contributed by atoms with Gasteiger partial charge in [-0.05, 0) is 37.4 Å². The predicted octanol–water partition coefficient (Wildman–Crippen LogP) is 4.81. The summed E-state index contributed by atoms with van der Waals surface area (Å²) in [6, 6.07) is 14.4. The zero-order valence-electron chi connectivity index (χ0n) is 12.4. The van der Waals surface area contributed by atoms with Gasteiger partial charge in [-0.3, -0.25) is 0 Å². The maximum absolute atomic E-state index is 13.7. The van der Waals surface area contributed by atoms with E-state index < -0.39 is 11.6 Å². The maximum atomic E-state index is 13.7. The summed E-state index contributed by atoms with van der Waals surface area (Å²) in [5.74, 6) is -1.12. The van der Waals surface area contributed by atoms with E-state index in [1.807, 2.05) is 25.1 Å². The van der Waals surface area contributed by atoms with Crippen molar-refractivity contribution >= 4 is 0 Å². The van der Waals surface area contributed by atoms with Gasteiger partial charge in [-0.25, -0.2) is 8.78 Å². The van der Waals surface area contributed by atoms with E-state index in [2.05, 4.69) is 24.4 Å². The lowest BCUT2D eigenvalue weighted by atomic mass is 9.97. The van der Waals surface area contributed by atoms with Crippen LogP contribution in [0.3, 0.4) is 0 Å². The van der Waals surface area contributed by atoms with Crippen LogP contribution in [0.5, 0.6) is 0 Å². The third-order valence-corrected chi connectivity index (χ3v) is 3.84. The molecule has 0 amide bonds. The Hall–Kier alpha value is -1.74. The Bertz CT molecular complexity index is 569. The first-order chi connectivity index (χ1) is 10.1. The fraction of sp³-hybridized carbons (Fsp3) is 0.333. The molecule has 1 nitrogen and oxygen atoms in total. The molecule has 2 atom stereocenters. The minimum atomic E-state index is -0.793. The molecule has 2 aromatic carbocycles. The first-order valence-corrected chi connectivity index (χ1v) is 7.32. The molecule has 0 saturated heterocycles. The molecule has 112 valence electrons. The van der Waals surface area contributed by atoms with Gasteiger partial charge < -0.3 is 5.32 Å². The average Bonchev–Trinajstić information content (AvgIpc) is 2.50. The zero-order chi connectivity index (χ0) is 15.2. The largest absolute Gasteiger partial charge is 0.310 e. The Labute approximate surface area is 125 Å². The lowest BCUT2D eigenvalue weighted by molar-refractivity contribution is 0.466. The minimum absolute atomic E-state index is 0.205. The highest BCUT2D eigenvalue weighted by Gasteiger charge is 2.14. The second-order valence-corrected chi connectivity index (χ2v) is 5.42. The van der Waals surface area contributed by atoms with Crippen LogP contribution < -0.4 is 5.32 Å². The Kier molecular flexibility index (Phi) is 5.45. The highest BCUT2D eigenvalue weighted by Crippen LogP contribution is 2.21. The van der Waals surface area contributed by atoms with E-state index in [4.69, 9.17) is 0 Å². The van der Waals surface area contributed by atoms with Crippen molar-refractivity contribution in [2.45, 2.75) is 32.2 Å². The van der Waals surface area contributed by atoms with Crippen molar-refractivity contribution in [1.29, 1.82) is 0 Å². The normalized spacial score (nSPS) is 13.9.